The van der Waals surface area contributed by atoms with E-state index in [4.69, 9.17) is 4.74 Å². The summed E-state index contributed by atoms with van der Waals surface area (Å²) in [5.74, 6) is -0.523. The summed E-state index contributed by atoms with van der Waals surface area (Å²) in [6, 6.07) is 5.24. The van der Waals surface area contributed by atoms with Crippen molar-refractivity contribution in [2.45, 2.75) is 45.8 Å². The summed E-state index contributed by atoms with van der Waals surface area (Å²) in [4.78, 5) is 11.7. The summed E-state index contributed by atoms with van der Waals surface area (Å²) in [7, 11) is 0. The van der Waals surface area contributed by atoms with Gasteiger partial charge in [0.05, 0.1) is 10.9 Å². The molecule has 2 N–H and O–H groups in total. The molecule has 21 heavy (non-hydrogen) atoms. The lowest BCUT2D eigenvalue weighted by atomic mass is 10.0. The molecule has 0 aliphatic heterocycles. The summed E-state index contributed by atoms with van der Waals surface area (Å²) in [6.45, 7) is 7.26. The molecule has 2 aromatic rings. The Morgan fingerprint density at radius 1 is 1.48 bits per heavy atom. The van der Waals surface area contributed by atoms with Gasteiger partial charge < -0.3 is 10.1 Å². The highest BCUT2D eigenvalue weighted by Gasteiger charge is 2.19. The van der Waals surface area contributed by atoms with Gasteiger partial charge in [-0.05, 0) is 45.7 Å². The molecule has 1 amide bonds. The monoisotopic (exact) mass is 293 g/mol. The van der Waals surface area contributed by atoms with Crippen LogP contribution in [0.4, 0.5) is 9.18 Å². The number of rotatable bonds is 3. The van der Waals surface area contributed by atoms with Crippen molar-refractivity contribution in [2.75, 3.05) is 0 Å². The molecular formula is C15H20FN3O2. The number of nitrogens with one attached hydrogen (secondary N) is 2. The second-order valence-electron chi connectivity index (χ2n) is 6.11. The Kier molecular flexibility index (Phi) is 4.16. The molecule has 1 atom stereocenters. The van der Waals surface area contributed by atoms with Crippen molar-refractivity contribution in [1.29, 1.82) is 0 Å². The van der Waals surface area contributed by atoms with Gasteiger partial charge in [-0.3, -0.25) is 5.10 Å². The van der Waals surface area contributed by atoms with Gasteiger partial charge in [-0.1, -0.05) is 12.1 Å². The summed E-state index contributed by atoms with van der Waals surface area (Å²) in [6.07, 6.45) is 0.0161. The number of halogens is 1. The minimum absolute atomic E-state index is 0.181. The maximum Gasteiger partial charge on any atom is 0.407 e. The summed E-state index contributed by atoms with van der Waals surface area (Å²) in [5, 5.41) is 9.42. The molecule has 0 saturated carbocycles. The van der Waals surface area contributed by atoms with E-state index in [1.54, 1.807) is 26.8 Å². The predicted octanol–water partition coefficient (Wildman–Crippen LogP) is 3.16. The Morgan fingerprint density at radius 3 is 2.86 bits per heavy atom. The minimum Gasteiger partial charge on any atom is -0.444 e. The van der Waals surface area contributed by atoms with Crippen LogP contribution >= 0.6 is 0 Å². The molecule has 1 unspecified atom stereocenters. The highest BCUT2D eigenvalue weighted by atomic mass is 19.1. The molecule has 0 saturated heterocycles. The molecule has 0 fully saturated rings. The first-order chi connectivity index (χ1) is 9.76. The molecule has 0 aliphatic carbocycles. The molecule has 1 heterocycles. The van der Waals surface area contributed by atoms with Crippen LogP contribution in [0.1, 0.15) is 33.3 Å². The third-order valence-corrected chi connectivity index (χ3v) is 2.92. The highest BCUT2D eigenvalue weighted by Crippen LogP contribution is 2.21. The average Bonchev–Trinajstić information content (AvgIpc) is 2.69. The van der Waals surface area contributed by atoms with Crippen molar-refractivity contribution in [2.24, 2.45) is 0 Å². The summed E-state index contributed by atoms with van der Waals surface area (Å²) >= 11 is 0. The van der Waals surface area contributed by atoms with Crippen LogP contribution in [0, 0.1) is 5.95 Å². The molecular weight excluding hydrogens is 273 g/mol. The van der Waals surface area contributed by atoms with E-state index in [2.05, 4.69) is 15.5 Å². The first-order valence-electron chi connectivity index (χ1n) is 6.87. The quantitative estimate of drug-likeness (QED) is 0.913. The number of aromatic nitrogens is 2. The lowest BCUT2D eigenvalue weighted by molar-refractivity contribution is 0.0508. The van der Waals surface area contributed by atoms with Gasteiger partial charge in [0.15, 0.2) is 0 Å². The standard InChI is InChI=1S/C15H20FN3O2/c1-9(17-14(20)21-15(2,3)4)8-10-6-5-7-11-12(10)13(16)19-18-11/h5-7,9H,8H2,1-4H3,(H,17,20)(H,18,19). The Balaban J connectivity index is 2.06. The van der Waals surface area contributed by atoms with Crippen LogP contribution in [0.3, 0.4) is 0 Å². The molecule has 1 aromatic carbocycles. The number of hydrogen-bond acceptors (Lipinski definition) is 3. The van der Waals surface area contributed by atoms with Crippen LogP contribution in [-0.4, -0.2) is 27.9 Å². The van der Waals surface area contributed by atoms with E-state index in [0.29, 0.717) is 17.3 Å². The molecule has 0 spiro atoms. The van der Waals surface area contributed by atoms with Crippen LogP contribution in [0.2, 0.25) is 0 Å². The first kappa shape index (κ1) is 15.3. The Morgan fingerprint density at radius 2 is 2.19 bits per heavy atom. The summed E-state index contributed by atoms with van der Waals surface area (Å²) < 4.78 is 18.9. The van der Waals surface area contributed by atoms with E-state index in [1.807, 2.05) is 19.1 Å². The number of alkyl carbamates (subject to hydrolysis) is 1. The molecule has 2 rings (SSSR count). The minimum atomic E-state index is -0.541. The maximum absolute atomic E-state index is 13.7. The van der Waals surface area contributed by atoms with Crippen molar-refractivity contribution in [3.63, 3.8) is 0 Å². The number of H-pyrrole nitrogens is 1. The summed E-state index contributed by atoms with van der Waals surface area (Å²) in [5.41, 5.74) is 0.900. The average molecular weight is 293 g/mol. The van der Waals surface area contributed by atoms with E-state index < -0.39 is 17.6 Å². The van der Waals surface area contributed by atoms with Crippen molar-refractivity contribution < 1.29 is 13.9 Å². The molecule has 114 valence electrons. The SMILES string of the molecule is CC(Cc1cccc2[nH]nc(F)c12)NC(=O)OC(C)(C)C. The van der Waals surface area contributed by atoms with Crippen LogP contribution < -0.4 is 5.32 Å². The van der Waals surface area contributed by atoms with Gasteiger partial charge >= 0.3 is 6.09 Å². The Hall–Kier alpha value is -2.11. The van der Waals surface area contributed by atoms with Gasteiger partial charge in [-0.25, -0.2) is 4.79 Å². The first-order valence-corrected chi connectivity index (χ1v) is 6.87. The molecule has 5 nitrogen and oxygen atoms in total. The number of ether oxygens (including phenoxy) is 1. The smallest absolute Gasteiger partial charge is 0.407 e. The zero-order chi connectivity index (χ0) is 15.6. The number of amides is 1. The lowest BCUT2D eigenvalue weighted by Crippen LogP contribution is -2.38. The topological polar surface area (TPSA) is 67.0 Å². The van der Waals surface area contributed by atoms with E-state index in [-0.39, 0.29) is 6.04 Å². The van der Waals surface area contributed by atoms with Crippen molar-refractivity contribution in [3.8, 4) is 0 Å². The Bertz CT molecular complexity index is 646. The second-order valence-corrected chi connectivity index (χ2v) is 6.11. The highest BCUT2D eigenvalue weighted by molar-refractivity contribution is 5.82. The second kappa shape index (κ2) is 5.71. The molecule has 0 bridgehead atoms. The predicted molar refractivity (Wildman–Crippen MR) is 78.6 cm³/mol. The van der Waals surface area contributed by atoms with Crippen LogP contribution in [0.5, 0.6) is 0 Å². The van der Waals surface area contributed by atoms with Crippen molar-refractivity contribution in [3.05, 3.63) is 29.7 Å². The largest absolute Gasteiger partial charge is 0.444 e. The fourth-order valence-electron chi connectivity index (χ4n) is 2.16. The number of benzene rings is 1. The van der Waals surface area contributed by atoms with Crippen LogP contribution in [-0.2, 0) is 11.2 Å². The van der Waals surface area contributed by atoms with Crippen molar-refractivity contribution >= 4 is 17.0 Å². The fraction of sp³-hybridized carbons (Fsp3) is 0.467. The number of carbonyl (C=O) groups is 1. The molecule has 6 heteroatoms. The zero-order valence-electron chi connectivity index (χ0n) is 12.7. The van der Waals surface area contributed by atoms with Crippen LogP contribution in [0.15, 0.2) is 18.2 Å². The molecule has 0 aliphatic rings. The van der Waals surface area contributed by atoms with Gasteiger partial charge in [0.25, 0.3) is 0 Å². The lowest BCUT2D eigenvalue weighted by Gasteiger charge is -2.22. The van der Waals surface area contributed by atoms with Crippen molar-refractivity contribution in [1.82, 2.24) is 15.5 Å². The normalized spacial score (nSPS) is 13.2. The van der Waals surface area contributed by atoms with E-state index in [1.165, 1.54) is 0 Å². The van der Waals surface area contributed by atoms with Gasteiger partial charge in [-0.2, -0.15) is 4.39 Å². The third-order valence-electron chi connectivity index (χ3n) is 2.92. The fourth-order valence-corrected chi connectivity index (χ4v) is 2.16. The number of carbonyl (C=O) groups excluding carboxylic acids is 1. The van der Waals surface area contributed by atoms with Crippen LogP contribution in [0.25, 0.3) is 10.9 Å². The third kappa shape index (κ3) is 3.93. The van der Waals surface area contributed by atoms with E-state index in [9.17, 15) is 9.18 Å². The number of nitrogens with zero attached hydrogens (tertiary/aromatic N) is 1. The zero-order valence-corrected chi connectivity index (χ0v) is 12.7. The van der Waals surface area contributed by atoms with E-state index in [0.717, 1.165) is 5.56 Å². The van der Waals surface area contributed by atoms with Gasteiger partial charge in [0.2, 0.25) is 5.95 Å². The number of fused-ring (bicyclic) bond motifs is 1. The van der Waals surface area contributed by atoms with Gasteiger partial charge in [0.1, 0.15) is 5.60 Å². The van der Waals surface area contributed by atoms with Gasteiger partial charge in [-0.15, -0.1) is 5.10 Å². The number of aromatic amines is 1. The number of hydrogen-bond donors (Lipinski definition) is 2. The molecule has 0 radical (unpaired) electrons. The van der Waals surface area contributed by atoms with E-state index >= 15 is 0 Å². The Labute approximate surface area is 122 Å². The van der Waals surface area contributed by atoms with Gasteiger partial charge in [0, 0.05) is 6.04 Å². The maximum atomic E-state index is 13.7. The molecule has 1 aromatic heterocycles.